The van der Waals surface area contributed by atoms with Crippen LogP contribution in [0.1, 0.15) is 39.9 Å². The predicted molar refractivity (Wildman–Crippen MR) is 141 cm³/mol. The molecule has 3 aliphatic heterocycles. The number of aryl methyl sites for hydroxylation is 1. The molecule has 0 atom stereocenters. The van der Waals surface area contributed by atoms with Crippen LogP contribution in [-0.2, 0) is 0 Å². The molecular weight excluding hydrogens is 436 g/mol. The van der Waals surface area contributed by atoms with Crippen LogP contribution in [0.2, 0.25) is 13.1 Å². The number of rotatable bonds is 3. The van der Waals surface area contributed by atoms with Crippen molar-refractivity contribution in [3.8, 4) is 0 Å². The first-order valence-corrected chi connectivity index (χ1v) is 15.4. The second-order valence-corrected chi connectivity index (χ2v) is 14.8. The van der Waals surface area contributed by atoms with Crippen molar-refractivity contribution >= 4 is 36.2 Å². The number of benzene rings is 2. The van der Waals surface area contributed by atoms with Crippen molar-refractivity contribution in [2.75, 3.05) is 31.1 Å². The van der Waals surface area contributed by atoms with Gasteiger partial charge in [0.15, 0.2) is 5.71 Å². The summed E-state index contributed by atoms with van der Waals surface area (Å²) in [5.74, 6) is -0.873. The molecule has 34 heavy (non-hydrogen) atoms. The fourth-order valence-corrected chi connectivity index (χ4v) is 8.78. The van der Waals surface area contributed by atoms with Gasteiger partial charge in [-0.3, -0.25) is 0 Å². The minimum Gasteiger partial charge on any atom is -0.478 e. The Kier molecular flexibility index (Phi) is 4.82. The number of hydrogen-bond acceptors (Lipinski definition) is 2. The van der Waals surface area contributed by atoms with Crippen LogP contribution in [0.15, 0.2) is 65.4 Å². The third-order valence-electron chi connectivity index (χ3n) is 8.01. The highest BCUT2D eigenvalue weighted by Crippen LogP contribution is 2.43. The second-order valence-electron chi connectivity index (χ2n) is 10.5. The lowest BCUT2D eigenvalue weighted by atomic mass is 9.86. The zero-order valence-corrected chi connectivity index (χ0v) is 21.2. The quantitative estimate of drug-likeness (QED) is 0.533. The van der Waals surface area contributed by atoms with Crippen molar-refractivity contribution in [2.45, 2.75) is 32.9 Å². The normalized spacial score (nSPS) is 20.3. The maximum Gasteiger partial charge on any atom is 0.336 e. The molecule has 4 aliphatic rings. The molecule has 2 saturated heterocycles. The van der Waals surface area contributed by atoms with Gasteiger partial charge in [0.05, 0.1) is 12.0 Å². The number of anilines is 1. The number of allylic oxidation sites excluding steroid dienone is 5. The lowest BCUT2D eigenvalue weighted by molar-refractivity contribution is -0.582. The SMILES string of the molecule is Cc1ccc(C(=O)O)c(C2=C3C=CC(=[N+]4CCC4)C=C3[Si](C)(C)c3cc(N4CCC4)ccc32)c1. The van der Waals surface area contributed by atoms with Crippen molar-refractivity contribution in [1.29, 1.82) is 0 Å². The Hall–Kier alpha value is -3.18. The number of hydrogen-bond donors (Lipinski definition) is 1. The molecule has 0 aromatic heterocycles. The van der Waals surface area contributed by atoms with Crippen LogP contribution in [-0.4, -0.2) is 55.6 Å². The monoisotopic (exact) mass is 467 g/mol. The molecule has 2 fully saturated rings. The molecule has 0 unspecified atom stereocenters. The largest absolute Gasteiger partial charge is 0.478 e. The molecule has 2 aromatic rings. The lowest BCUT2D eigenvalue weighted by Gasteiger charge is -2.40. The molecule has 3 heterocycles. The van der Waals surface area contributed by atoms with Gasteiger partial charge in [-0.15, -0.1) is 0 Å². The number of carbonyl (C=O) groups is 1. The first-order chi connectivity index (χ1) is 16.3. The lowest BCUT2D eigenvalue weighted by Crippen LogP contribution is -2.50. The summed E-state index contributed by atoms with van der Waals surface area (Å²) in [5.41, 5.74) is 8.36. The van der Waals surface area contributed by atoms with Crippen LogP contribution in [0.5, 0.6) is 0 Å². The number of carboxylic acid groups (broad SMARTS) is 1. The molecule has 5 heteroatoms. The van der Waals surface area contributed by atoms with Gasteiger partial charge >= 0.3 is 5.97 Å². The highest BCUT2D eigenvalue weighted by atomic mass is 28.3. The van der Waals surface area contributed by atoms with E-state index in [9.17, 15) is 9.90 Å². The minimum absolute atomic E-state index is 0.373. The van der Waals surface area contributed by atoms with Crippen LogP contribution >= 0.6 is 0 Å². The van der Waals surface area contributed by atoms with Gasteiger partial charge in [-0.25, -0.2) is 9.37 Å². The van der Waals surface area contributed by atoms with Crippen molar-refractivity contribution in [3.05, 3.63) is 87.6 Å². The third-order valence-corrected chi connectivity index (χ3v) is 11.5. The first kappa shape index (κ1) is 21.4. The molecular formula is C29H31N2O2Si+. The van der Waals surface area contributed by atoms with Gasteiger partial charge in [-0.1, -0.05) is 36.9 Å². The van der Waals surface area contributed by atoms with E-state index in [1.807, 2.05) is 13.0 Å². The number of fused-ring (bicyclic) bond motifs is 2. The average molecular weight is 468 g/mol. The van der Waals surface area contributed by atoms with E-state index in [0.29, 0.717) is 5.56 Å². The van der Waals surface area contributed by atoms with E-state index >= 15 is 0 Å². The van der Waals surface area contributed by atoms with E-state index < -0.39 is 14.0 Å². The van der Waals surface area contributed by atoms with Gasteiger partial charge in [0.25, 0.3) is 0 Å². The molecule has 0 saturated carbocycles. The zero-order chi connectivity index (χ0) is 23.6. The Bertz CT molecular complexity index is 1370. The van der Waals surface area contributed by atoms with Gasteiger partial charge in [0.2, 0.25) is 0 Å². The summed E-state index contributed by atoms with van der Waals surface area (Å²) < 4.78 is 2.45. The Morgan fingerprint density at radius 1 is 1.00 bits per heavy atom. The third kappa shape index (κ3) is 3.17. The van der Waals surface area contributed by atoms with Crippen LogP contribution in [0.25, 0.3) is 5.57 Å². The molecule has 0 amide bonds. The van der Waals surface area contributed by atoms with Gasteiger partial charge in [0.1, 0.15) is 21.2 Å². The van der Waals surface area contributed by atoms with E-state index in [-0.39, 0.29) is 0 Å². The van der Waals surface area contributed by atoms with Crippen LogP contribution < -0.4 is 10.1 Å². The number of carboxylic acids is 1. The Balaban J connectivity index is 1.66. The van der Waals surface area contributed by atoms with Crippen LogP contribution in [0.4, 0.5) is 5.69 Å². The average Bonchev–Trinajstić information content (AvgIpc) is 2.72. The molecule has 6 rings (SSSR count). The molecule has 2 aromatic carbocycles. The number of aromatic carboxylic acids is 1. The fraction of sp³-hybridized carbons (Fsp3) is 0.310. The topological polar surface area (TPSA) is 43.5 Å². The van der Waals surface area contributed by atoms with E-state index in [1.165, 1.54) is 45.8 Å². The van der Waals surface area contributed by atoms with Crippen LogP contribution in [0.3, 0.4) is 0 Å². The first-order valence-electron chi connectivity index (χ1n) is 12.4. The summed E-state index contributed by atoms with van der Waals surface area (Å²) in [4.78, 5) is 14.7. The summed E-state index contributed by atoms with van der Waals surface area (Å²) >= 11 is 0. The van der Waals surface area contributed by atoms with Crippen molar-refractivity contribution in [2.24, 2.45) is 0 Å². The zero-order valence-electron chi connectivity index (χ0n) is 20.2. The molecule has 172 valence electrons. The van der Waals surface area contributed by atoms with E-state index in [2.05, 4.69) is 65.1 Å². The van der Waals surface area contributed by atoms with Crippen molar-refractivity contribution in [3.63, 3.8) is 0 Å². The Labute approximate surface area is 202 Å². The van der Waals surface area contributed by atoms with E-state index in [0.717, 1.165) is 42.9 Å². The van der Waals surface area contributed by atoms with E-state index in [1.54, 1.807) is 6.07 Å². The highest BCUT2D eigenvalue weighted by molar-refractivity contribution is 6.98. The highest BCUT2D eigenvalue weighted by Gasteiger charge is 2.41. The van der Waals surface area contributed by atoms with Gasteiger partial charge in [-0.2, -0.15) is 0 Å². The summed E-state index contributed by atoms with van der Waals surface area (Å²) in [6, 6.07) is 12.6. The Morgan fingerprint density at radius 2 is 1.79 bits per heavy atom. The summed E-state index contributed by atoms with van der Waals surface area (Å²) in [6.45, 7) is 11.4. The molecule has 1 aliphatic carbocycles. The second kappa shape index (κ2) is 7.67. The maximum atomic E-state index is 12.3. The minimum atomic E-state index is -2.02. The Morgan fingerprint density at radius 3 is 2.44 bits per heavy atom. The predicted octanol–water partition coefficient (Wildman–Crippen LogP) is 4.53. The van der Waals surface area contributed by atoms with Gasteiger partial charge in [0, 0.05) is 30.9 Å². The standard InChI is InChI=1S/C29H30N2O2Si/c1-19-6-9-22(29(32)33)25(16-19)28-23-10-7-20(30-12-4-13-30)17-26(23)34(2,3)27-18-21(8-11-24(27)28)31-14-5-15-31/h6-11,16-18H,4-5,12-15H2,1-3H3/p+1. The summed E-state index contributed by atoms with van der Waals surface area (Å²) in [5, 5.41) is 12.9. The van der Waals surface area contributed by atoms with Gasteiger partial charge in [-0.05, 0) is 70.3 Å². The van der Waals surface area contributed by atoms with Crippen molar-refractivity contribution in [1.82, 2.24) is 0 Å². The molecule has 1 N–H and O–H groups in total. The molecule has 4 nitrogen and oxygen atoms in total. The smallest absolute Gasteiger partial charge is 0.336 e. The van der Waals surface area contributed by atoms with Gasteiger partial charge < -0.3 is 10.0 Å². The number of nitrogens with zero attached hydrogens (tertiary/aromatic N) is 2. The van der Waals surface area contributed by atoms with Crippen molar-refractivity contribution < 1.29 is 14.5 Å². The summed E-state index contributed by atoms with van der Waals surface area (Å²) in [6.07, 6.45) is 9.41. The van der Waals surface area contributed by atoms with Crippen LogP contribution in [0, 0.1) is 6.92 Å². The molecule has 0 spiro atoms. The molecule has 0 radical (unpaired) electrons. The maximum absolute atomic E-state index is 12.3. The fourth-order valence-electron chi connectivity index (χ4n) is 5.71. The molecule has 0 bridgehead atoms. The summed E-state index contributed by atoms with van der Waals surface area (Å²) in [7, 11) is -2.02. The van der Waals surface area contributed by atoms with E-state index in [4.69, 9.17) is 0 Å².